The monoisotopic (exact) mass is 397 g/mol. The molecule has 4 N–H and O–H groups in total. The molecule has 2 heterocycles. The van der Waals surface area contributed by atoms with Crippen LogP contribution in [0.5, 0.6) is 0 Å². The van der Waals surface area contributed by atoms with Crippen molar-refractivity contribution < 1.29 is 9.59 Å². The highest BCUT2D eigenvalue weighted by Crippen LogP contribution is 2.21. The van der Waals surface area contributed by atoms with Gasteiger partial charge in [0.1, 0.15) is 17.2 Å². The number of aromatic nitrogens is 3. The third-order valence-electron chi connectivity index (χ3n) is 4.85. The summed E-state index contributed by atoms with van der Waals surface area (Å²) < 4.78 is 1.58. The molecular formula is C20H27N7O2. The van der Waals surface area contributed by atoms with Crippen molar-refractivity contribution in [3.63, 3.8) is 0 Å². The SMILES string of the molecule is CN/C=C\C=C(/C=O)Nc1cc(NC)n2ncc(C(=O)NC3CCCCC3)c2n1. The largest absolute Gasteiger partial charge is 0.394 e. The number of aldehydes is 1. The van der Waals surface area contributed by atoms with Gasteiger partial charge >= 0.3 is 0 Å². The van der Waals surface area contributed by atoms with E-state index in [0.29, 0.717) is 34.8 Å². The van der Waals surface area contributed by atoms with Crippen molar-refractivity contribution in [3.05, 3.63) is 41.9 Å². The van der Waals surface area contributed by atoms with E-state index < -0.39 is 0 Å². The Hall–Kier alpha value is -3.36. The van der Waals surface area contributed by atoms with Gasteiger partial charge in [-0.05, 0) is 31.2 Å². The first-order chi connectivity index (χ1) is 14.2. The Morgan fingerprint density at radius 3 is 2.72 bits per heavy atom. The van der Waals surface area contributed by atoms with Crippen LogP contribution in [0.25, 0.3) is 5.65 Å². The molecule has 1 fully saturated rings. The van der Waals surface area contributed by atoms with Gasteiger partial charge in [-0.1, -0.05) is 19.3 Å². The zero-order valence-electron chi connectivity index (χ0n) is 16.7. The number of nitrogens with zero attached hydrogens (tertiary/aromatic N) is 3. The van der Waals surface area contributed by atoms with Gasteiger partial charge in [0.2, 0.25) is 0 Å². The molecule has 0 saturated heterocycles. The first-order valence-corrected chi connectivity index (χ1v) is 9.80. The van der Waals surface area contributed by atoms with Crippen LogP contribution < -0.4 is 21.3 Å². The van der Waals surface area contributed by atoms with Crippen LogP contribution in [-0.2, 0) is 4.79 Å². The fourth-order valence-electron chi connectivity index (χ4n) is 3.38. The van der Waals surface area contributed by atoms with Gasteiger partial charge in [-0.25, -0.2) is 4.98 Å². The molecule has 0 atom stereocenters. The third kappa shape index (κ3) is 4.92. The van der Waals surface area contributed by atoms with Crippen molar-refractivity contribution in [3.8, 4) is 0 Å². The molecule has 1 saturated carbocycles. The van der Waals surface area contributed by atoms with Gasteiger partial charge in [-0.15, -0.1) is 0 Å². The lowest BCUT2D eigenvalue weighted by atomic mass is 9.95. The lowest BCUT2D eigenvalue weighted by Gasteiger charge is -2.22. The Kier molecular flexibility index (Phi) is 6.83. The van der Waals surface area contributed by atoms with Crippen LogP contribution in [0.4, 0.5) is 11.6 Å². The maximum atomic E-state index is 12.8. The van der Waals surface area contributed by atoms with Gasteiger partial charge in [0.25, 0.3) is 5.91 Å². The number of nitrogens with one attached hydrogen (secondary N) is 4. The zero-order chi connectivity index (χ0) is 20.6. The molecule has 0 unspecified atom stereocenters. The van der Waals surface area contributed by atoms with Gasteiger partial charge in [-0.3, -0.25) is 9.59 Å². The lowest BCUT2D eigenvalue weighted by Crippen LogP contribution is -2.36. The van der Waals surface area contributed by atoms with Crippen molar-refractivity contribution >= 4 is 29.5 Å². The number of fused-ring (bicyclic) bond motifs is 1. The van der Waals surface area contributed by atoms with E-state index in [0.717, 1.165) is 25.7 Å². The minimum Gasteiger partial charge on any atom is -0.394 e. The molecule has 1 amide bonds. The number of rotatable bonds is 8. The quantitative estimate of drug-likeness (QED) is 0.306. The first-order valence-electron chi connectivity index (χ1n) is 9.80. The number of amides is 1. The molecule has 0 radical (unpaired) electrons. The van der Waals surface area contributed by atoms with Crippen molar-refractivity contribution in [1.82, 2.24) is 25.2 Å². The minimum atomic E-state index is -0.179. The number of hydrogen-bond donors (Lipinski definition) is 4. The number of carbonyl (C=O) groups excluding carboxylic acids is 2. The van der Waals surface area contributed by atoms with Crippen molar-refractivity contribution in [2.45, 2.75) is 38.1 Å². The van der Waals surface area contributed by atoms with Gasteiger partial charge in [0.05, 0.1) is 11.9 Å². The smallest absolute Gasteiger partial charge is 0.256 e. The molecule has 0 bridgehead atoms. The van der Waals surface area contributed by atoms with E-state index in [9.17, 15) is 9.59 Å². The van der Waals surface area contributed by atoms with Gasteiger partial charge < -0.3 is 21.3 Å². The molecular weight excluding hydrogens is 370 g/mol. The molecule has 3 rings (SSSR count). The maximum absolute atomic E-state index is 12.8. The molecule has 1 aliphatic carbocycles. The second-order valence-electron chi connectivity index (χ2n) is 6.89. The molecule has 9 nitrogen and oxygen atoms in total. The van der Waals surface area contributed by atoms with E-state index in [1.165, 1.54) is 12.6 Å². The summed E-state index contributed by atoms with van der Waals surface area (Å²) in [5, 5.41) is 16.3. The van der Waals surface area contributed by atoms with E-state index in [1.807, 2.05) is 0 Å². The Labute approximate surface area is 169 Å². The van der Waals surface area contributed by atoms with Crippen molar-refractivity contribution in [2.24, 2.45) is 0 Å². The summed E-state index contributed by atoms with van der Waals surface area (Å²) >= 11 is 0. The summed E-state index contributed by atoms with van der Waals surface area (Å²) in [6, 6.07) is 1.92. The van der Waals surface area contributed by atoms with E-state index >= 15 is 0 Å². The third-order valence-corrected chi connectivity index (χ3v) is 4.85. The van der Waals surface area contributed by atoms with Crippen molar-refractivity contribution in [2.75, 3.05) is 24.7 Å². The Morgan fingerprint density at radius 1 is 1.24 bits per heavy atom. The van der Waals surface area contributed by atoms with E-state index in [-0.39, 0.29) is 11.9 Å². The fourth-order valence-corrected chi connectivity index (χ4v) is 3.38. The van der Waals surface area contributed by atoms with E-state index in [1.54, 1.807) is 43.0 Å². The Balaban J connectivity index is 1.89. The fraction of sp³-hybridized carbons (Fsp3) is 0.400. The zero-order valence-corrected chi connectivity index (χ0v) is 16.7. The van der Waals surface area contributed by atoms with Crippen LogP contribution in [0.15, 0.2) is 36.3 Å². The maximum Gasteiger partial charge on any atom is 0.256 e. The second kappa shape index (κ2) is 9.72. The molecule has 2 aromatic rings. The van der Waals surface area contributed by atoms with Crippen LogP contribution in [0.2, 0.25) is 0 Å². The summed E-state index contributed by atoms with van der Waals surface area (Å²) in [4.78, 5) is 28.7. The van der Waals surface area contributed by atoms with Crippen LogP contribution >= 0.6 is 0 Å². The summed E-state index contributed by atoms with van der Waals surface area (Å²) in [6.45, 7) is 0. The van der Waals surface area contributed by atoms with E-state index in [2.05, 4.69) is 31.3 Å². The Morgan fingerprint density at radius 2 is 2.03 bits per heavy atom. The molecule has 2 aromatic heterocycles. The molecule has 1 aliphatic rings. The predicted molar refractivity (Wildman–Crippen MR) is 113 cm³/mol. The summed E-state index contributed by atoms with van der Waals surface area (Å²) in [6.07, 6.45) is 12.8. The molecule has 0 spiro atoms. The first kappa shape index (κ1) is 20.4. The number of allylic oxidation sites excluding steroid dienone is 3. The standard InChI is InChI=1S/C20H27N7O2/c1-21-10-6-9-15(13-28)24-17-11-18(22-2)27-19(26-17)16(12-23-27)20(29)25-14-7-4-3-5-8-14/h6,9-14,21-22H,3-5,7-8H2,1-2H3,(H,24,26)(H,25,29)/b10-6-,15-9+. The van der Waals surface area contributed by atoms with Crippen LogP contribution in [0.1, 0.15) is 42.5 Å². The van der Waals surface area contributed by atoms with E-state index in [4.69, 9.17) is 0 Å². The van der Waals surface area contributed by atoms with Gasteiger partial charge in [0.15, 0.2) is 11.9 Å². The van der Waals surface area contributed by atoms with Crippen LogP contribution in [0.3, 0.4) is 0 Å². The average Bonchev–Trinajstić information content (AvgIpc) is 3.17. The summed E-state index contributed by atoms with van der Waals surface area (Å²) in [5.74, 6) is 0.900. The molecule has 0 aromatic carbocycles. The van der Waals surface area contributed by atoms with Crippen LogP contribution in [0, 0.1) is 0 Å². The summed E-state index contributed by atoms with van der Waals surface area (Å²) in [7, 11) is 3.53. The normalized spacial score (nSPS) is 15.4. The van der Waals surface area contributed by atoms with Crippen molar-refractivity contribution in [1.29, 1.82) is 0 Å². The Bertz CT molecular complexity index is 926. The molecule has 29 heavy (non-hydrogen) atoms. The highest BCUT2D eigenvalue weighted by Gasteiger charge is 2.21. The minimum absolute atomic E-state index is 0.179. The van der Waals surface area contributed by atoms with Gasteiger partial charge in [-0.2, -0.15) is 9.61 Å². The lowest BCUT2D eigenvalue weighted by molar-refractivity contribution is -0.104. The van der Waals surface area contributed by atoms with Crippen LogP contribution in [-0.4, -0.2) is 46.9 Å². The molecule has 9 heteroatoms. The predicted octanol–water partition coefficient (Wildman–Crippen LogP) is 2.06. The number of carbonyl (C=O) groups is 2. The number of anilines is 2. The average molecular weight is 397 g/mol. The van der Waals surface area contributed by atoms with Gasteiger partial charge in [0, 0.05) is 26.2 Å². The highest BCUT2D eigenvalue weighted by molar-refractivity contribution is 6.00. The topological polar surface area (TPSA) is 112 Å². The molecule has 154 valence electrons. The highest BCUT2D eigenvalue weighted by atomic mass is 16.1. The number of hydrogen-bond acceptors (Lipinski definition) is 7. The molecule has 0 aliphatic heterocycles. The summed E-state index contributed by atoms with van der Waals surface area (Å²) in [5.41, 5.74) is 1.16. The second-order valence-corrected chi connectivity index (χ2v) is 6.89.